The van der Waals surface area contributed by atoms with Crippen LogP contribution < -0.4 is 10.6 Å². The van der Waals surface area contributed by atoms with Gasteiger partial charge in [0.15, 0.2) is 0 Å². The third-order valence-corrected chi connectivity index (χ3v) is 2.79. The van der Waals surface area contributed by atoms with Gasteiger partial charge in [-0.1, -0.05) is 27.2 Å². The van der Waals surface area contributed by atoms with Crippen LogP contribution in [-0.2, 0) is 4.79 Å². The first kappa shape index (κ1) is 16.4. The number of unbranched alkanes of at least 4 members (excludes halogenated alkanes) is 2. The van der Waals surface area contributed by atoms with E-state index < -0.39 is 0 Å². The maximum absolute atomic E-state index is 11.4. The van der Waals surface area contributed by atoms with Gasteiger partial charge in [0.25, 0.3) is 0 Å². The summed E-state index contributed by atoms with van der Waals surface area (Å²) < 4.78 is 0. The molecule has 0 saturated heterocycles. The number of carbonyl (C=O) groups is 1. The molecule has 0 saturated carbocycles. The summed E-state index contributed by atoms with van der Waals surface area (Å²) in [5, 5.41) is 6.27. The molecule has 0 aliphatic carbocycles. The number of carbonyl (C=O) groups excluding carboxylic acids is 1. The molecule has 0 spiro atoms. The maximum Gasteiger partial charge on any atom is 0.219 e. The van der Waals surface area contributed by atoms with Crippen molar-refractivity contribution in [3.05, 3.63) is 0 Å². The summed E-state index contributed by atoms with van der Waals surface area (Å²) in [5.74, 6) is 0.954. The zero-order valence-electron chi connectivity index (χ0n) is 11.8. The molecule has 1 amide bonds. The molecule has 2 N–H and O–H groups in total. The lowest BCUT2D eigenvalue weighted by Gasteiger charge is -2.07. The second-order valence-electron chi connectivity index (χ2n) is 5.05. The molecule has 3 nitrogen and oxygen atoms in total. The quantitative estimate of drug-likeness (QED) is 0.547. The SMILES string of the molecule is CCNCCCCCC(=O)NCCCC(C)C. The summed E-state index contributed by atoms with van der Waals surface area (Å²) in [6, 6.07) is 0. The fraction of sp³-hybridized carbons (Fsp3) is 0.929. The molecule has 0 heterocycles. The molecule has 0 bridgehead atoms. The number of rotatable bonds is 11. The number of amides is 1. The number of hydrogen-bond acceptors (Lipinski definition) is 2. The van der Waals surface area contributed by atoms with Crippen LogP contribution >= 0.6 is 0 Å². The van der Waals surface area contributed by atoms with E-state index in [1.54, 1.807) is 0 Å². The molecule has 0 radical (unpaired) electrons. The molecular formula is C14H30N2O. The van der Waals surface area contributed by atoms with Crippen LogP contribution in [0.1, 0.15) is 59.3 Å². The van der Waals surface area contributed by atoms with Crippen molar-refractivity contribution in [3.63, 3.8) is 0 Å². The van der Waals surface area contributed by atoms with Crippen LogP contribution in [0.15, 0.2) is 0 Å². The highest BCUT2D eigenvalue weighted by Gasteiger charge is 2.00. The number of nitrogens with one attached hydrogen (secondary N) is 2. The third-order valence-electron chi connectivity index (χ3n) is 2.79. The number of hydrogen-bond donors (Lipinski definition) is 2. The van der Waals surface area contributed by atoms with E-state index in [0.717, 1.165) is 44.8 Å². The topological polar surface area (TPSA) is 41.1 Å². The molecule has 17 heavy (non-hydrogen) atoms. The van der Waals surface area contributed by atoms with Gasteiger partial charge in [-0.25, -0.2) is 0 Å². The second-order valence-corrected chi connectivity index (χ2v) is 5.05. The van der Waals surface area contributed by atoms with Crippen LogP contribution in [-0.4, -0.2) is 25.5 Å². The molecule has 0 aromatic heterocycles. The van der Waals surface area contributed by atoms with E-state index in [4.69, 9.17) is 0 Å². The van der Waals surface area contributed by atoms with Gasteiger partial charge in [-0.2, -0.15) is 0 Å². The van der Waals surface area contributed by atoms with Crippen molar-refractivity contribution >= 4 is 5.91 Å². The standard InChI is InChI=1S/C14H30N2O/c1-4-15-11-7-5-6-10-14(17)16-12-8-9-13(2)3/h13,15H,4-12H2,1-3H3,(H,16,17). The highest BCUT2D eigenvalue weighted by Crippen LogP contribution is 2.02. The lowest BCUT2D eigenvalue weighted by molar-refractivity contribution is -0.121. The highest BCUT2D eigenvalue weighted by atomic mass is 16.1. The van der Waals surface area contributed by atoms with Crippen LogP contribution in [0.25, 0.3) is 0 Å². The van der Waals surface area contributed by atoms with Crippen molar-refractivity contribution in [2.75, 3.05) is 19.6 Å². The lowest BCUT2D eigenvalue weighted by atomic mass is 10.1. The summed E-state index contributed by atoms with van der Waals surface area (Å²) in [6.07, 6.45) is 6.32. The Morgan fingerprint density at radius 2 is 1.82 bits per heavy atom. The molecule has 0 aliphatic rings. The monoisotopic (exact) mass is 242 g/mol. The van der Waals surface area contributed by atoms with Crippen LogP contribution in [0.3, 0.4) is 0 Å². The third kappa shape index (κ3) is 13.4. The van der Waals surface area contributed by atoms with Crippen molar-refractivity contribution < 1.29 is 4.79 Å². The normalized spacial score (nSPS) is 10.8. The molecule has 0 rings (SSSR count). The van der Waals surface area contributed by atoms with Gasteiger partial charge in [-0.3, -0.25) is 4.79 Å². The van der Waals surface area contributed by atoms with Gasteiger partial charge < -0.3 is 10.6 Å². The Hall–Kier alpha value is -0.570. The molecule has 0 fully saturated rings. The Labute approximate surface area is 107 Å². The minimum Gasteiger partial charge on any atom is -0.356 e. The molecular weight excluding hydrogens is 212 g/mol. The first-order chi connectivity index (χ1) is 8.16. The second kappa shape index (κ2) is 11.9. The predicted molar refractivity (Wildman–Crippen MR) is 74.1 cm³/mol. The Bertz CT molecular complexity index is 181. The molecule has 0 atom stereocenters. The van der Waals surface area contributed by atoms with Crippen molar-refractivity contribution in [3.8, 4) is 0 Å². The van der Waals surface area contributed by atoms with Gasteiger partial charge in [0.05, 0.1) is 0 Å². The summed E-state index contributed by atoms with van der Waals surface area (Å²) >= 11 is 0. The largest absolute Gasteiger partial charge is 0.356 e. The van der Waals surface area contributed by atoms with Gasteiger partial charge in [-0.15, -0.1) is 0 Å². The average Bonchev–Trinajstić information content (AvgIpc) is 2.29. The molecule has 0 aromatic carbocycles. The maximum atomic E-state index is 11.4. The van der Waals surface area contributed by atoms with Crippen molar-refractivity contribution in [2.24, 2.45) is 5.92 Å². The van der Waals surface area contributed by atoms with E-state index in [1.807, 2.05) is 0 Å². The Balaban J connectivity index is 3.18. The van der Waals surface area contributed by atoms with E-state index in [9.17, 15) is 4.79 Å². The Morgan fingerprint density at radius 3 is 2.47 bits per heavy atom. The molecule has 0 unspecified atom stereocenters. The summed E-state index contributed by atoms with van der Waals surface area (Å²) in [5.41, 5.74) is 0. The van der Waals surface area contributed by atoms with Gasteiger partial charge in [0.1, 0.15) is 0 Å². The summed E-state index contributed by atoms with van der Waals surface area (Å²) in [7, 11) is 0. The highest BCUT2D eigenvalue weighted by molar-refractivity contribution is 5.75. The van der Waals surface area contributed by atoms with Crippen molar-refractivity contribution in [2.45, 2.75) is 59.3 Å². The van der Waals surface area contributed by atoms with Gasteiger partial charge >= 0.3 is 0 Å². The minimum atomic E-state index is 0.220. The van der Waals surface area contributed by atoms with Crippen molar-refractivity contribution in [1.29, 1.82) is 0 Å². The molecule has 0 aliphatic heterocycles. The van der Waals surface area contributed by atoms with Crippen molar-refractivity contribution in [1.82, 2.24) is 10.6 Å². The summed E-state index contributed by atoms with van der Waals surface area (Å²) in [4.78, 5) is 11.4. The van der Waals surface area contributed by atoms with Crippen LogP contribution in [0.5, 0.6) is 0 Å². The minimum absolute atomic E-state index is 0.220. The van der Waals surface area contributed by atoms with Gasteiger partial charge in [0, 0.05) is 13.0 Å². The zero-order chi connectivity index (χ0) is 12.9. The molecule has 102 valence electrons. The van der Waals surface area contributed by atoms with Crippen LogP contribution in [0.4, 0.5) is 0 Å². The van der Waals surface area contributed by atoms with Crippen LogP contribution in [0.2, 0.25) is 0 Å². The predicted octanol–water partition coefficient (Wildman–Crippen LogP) is 2.71. The van der Waals surface area contributed by atoms with Gasteiger partial charge in [-0.05, 0) is 44.7 Å². The molecule has 3 heteroatoms. The van der Waals surface area contributed by atoms with E-state index in [0.29, 0.717) is 6.42 Å². The smallest absolute Gasteiger partial charge is 0.219 e. The average molecular weight is 242 g/mol. The zero-order valence-corrected chi connectivity index (χ0v) is 11.8. The van der Waals surface area contributed by atoms with E-state index >= 15 is 0 Å². The van der Waals surface area contributed by atoms with E-state index in [-0.39, 0.29) is 5.91 Å². The van der Waals surface area contributed by atoms with E-state index in [1.165, 1.54) is 12.8 Å². The Morgan fingerprint density at radius 1 is 1.06 bits per heavy atom. The van der Waals surface area contributed by atoms with Crippen LogP contribution in [0, 0.1) is 5.92 Å². The lowest BCUT2D eigenvalue weighted by Crippen LogP contribution is -2.24. The van der Waals surface area contributed by atoms with E-state index in [2.05, 4.69) is 31.4 Å². The fourth-order valence-corrected chi connectivity index (χ4v) is 1.72. The van der Waals surface area contributed by atoms with Gasteiger partial charge in [0.2, 0.25) is 5.91 Å². The fourth-order valence-electron chi connectivity index (χ4n) is 1.72. The first-order valence-electron chi connectivity index (χ1n) is 7.14. The first-order valence-corrected chi connectivity index (χ1v) is 7.14. The summed E-state index contributed by atoms with van der Waals surface area (Å²) in [6.45, 7) is 9.50. The Kier molecular flexibility index (Phi) is 11.5. The molecule has 0 aromatic rings.